The molecule has 3 heteroatoms. The molecule has 0 aromatic heterocycles. The standard InChI is InChI=1S/C30H35FN2/c1-3-5-6-7-8-12-24-15-18-27(19-16-24)29-20-17-25(21-30(29)31)22-32-33-23-28-14-10-9-13-26(28)11-4-2/h9-10,13-23H,3-8,11-12H2,1-2H3. The van der Waals surface area contributed by atoms with Crippen LogP contribution in [0.3, 0.4) is 0 Å². The van der Waals surface area contributed by atoms with Crippen LogP contribution < -0.4 is 0 Å². The van der Waals surface area contributed by atoms with Gasteiger partial charge in [0.1, 0.15) is 5.82 Å². The van der Waals surface area contributed by atoms with Gasteiger partial charge in [-0.1, -0.05) is 107 Å². The van der Waals surface area contributed by atoms with E-state index in [9.17, 15) is 4.39 Å². The summed E-state index contributed by atoms with van der Waals surface area (Å²) >= 11 is 0. The van der Waals surface area contributed by atoms with Crippen LogP contribution in [0, 0.1) is 5.82 Å². The number of nitrogens with zero attached hydrogens (tertiary/aromatic N) is 2. The average molecular weight is 443 g/mol. The van der Waals surface area contributed by atoms with Crippen LogP contribution >= 0.6 is 0 Å². The Bertz CT molecular complexity index is 1050. The SMILES string of the molecule is CCCCCCCc1ccc(-c2ccc(C=NN=Cc3ccccc3CCC)cc2F)cc1. The van der Waals surface area contributed by atoms with Gasteiger partial charge in [-0.05, 0) is 53.1 Å². The Kier molecular flexibility index (Phi) is 10.0. The normalized spacial score (nSPS) is 11.6. The van der Waals surface area contributed by atoms with Gasteiger partial charge in [-0.25, -0.2) is 4.39 Å². The van der Waals surface area contributed by atoms with Crippen molar-refractivity contribution in [3.8, 4) is 11.1 Å². The van der Waals surface area contributed by atoms with Gasteiger partial charge in [0.2, 0.25) is 0 Å². The number of aryl methyl sites for hydroxylation is 2. The van der Waals surface area contributed by atoms with E-state index in [1.54, 1.807) is 12.4 Å². The molecule has 0 aliphatic heterocycles. The molecule has 0 heterocycles. The molecular weight excluding hydrogens is 407 g/mol. The van der Waals surface area contributed by atoms with Crippen molar-refractivity contribution in [2.75, 3.05) is 0 Å². The number of halogens is 1. The fourth-order valence-corrected chi connectivity index (χ4v) is 3.98. The second kappa shape index (κ2) is 13.5. The highest BCUT2D eigenvalue weighted by molar-refractivity contribution is 5.84. The predicted molar refractivity (Wildman–Crippen MR) is 140 cm³/mol. The molecule has 0 aliphatic carbocycles. The fourth-order valence-electron chi connectivity index (χ4n) is 3.98. The third-order valence-electron chi connectivity index (χ3n) is 5.87. The lowest BCUT2D eigenvalue weighted by molar-refractivity contribution is 0.630. The molecule has 0 unspecified atom stereocenters. The Morgan fingerprint density at radius 3 is 2.24 bits per heavy atom. The maximum Gasteiger partial charge on any atom is 0.131 e. The van der Waals surface area contributed by atoms with Crippen molar-refractivity contribution in [3.63, 3.8) is 0 Å². The van der Waals surface area contributed by atoms with E-state index in [-0.39, 0.29) is 5.82 Å². The number of hydrogen-bond donors (Lipinski definition) is 0. The summed E-state index contributed by atoms with van der Waals surface area (Å²) in [6.07, 6.45) is 12.9. The highest BCUT2D eigenvalue weighted by atomic mass is 19.1. The molecule has 0 bridgehead atoms. The Balaban J connectivity index is 1.59. The molecular formula is C30H35FN2. The van der Waals surface area contributed by atoms with E-state index in [4.69, 9.17) is 0 Å². The molecule has 33 heavy (non-hydrogen) atoms. The van der Waals surface area contributed by atoms with Gasteiger partial charge in [0.25, 0.3) is 0 Å². The van der Waals surface area contributed by atoms with Crippen LogP contribution in [0.4, 0.5) is 4.39 Å². The molecule has 0 fully saturated rings. The van der Waals surface area contributed by atoms with Crippen molar-refractivity contribution >= 4 is 12.4 Å². The first-order chi connectivity index (χ1) is 16.2. The molecule has 0 atom stereocenters. The van der Waals surface area contributed by atoms with E-state index in [1.165, 1.54) is 49.3 Å². The molecule has 2 nitrogen and oxygen atoms in total. The van der Waals surface area contributed by atoms with Gasteiger partial charge < -0.3 is 0 Å². The molecule has 0 spiro atoms. The van der Waals surface area contributed by atoms with Crippen molar-refractivity contribution in [3.05, 3.63) is 94.8 Å². The topological polar surface area (TPSA) is 24.7 Å². The monoisotopic (exact) mass is 442 g/mol. The highest BCUT2D eigenvalue weighted by Gasteiger charge is 2.06. The first-order valence-electron chi connectivity index (χ1n) is 12.2. The van der Waals surface area contributed by atoms with Crippen molar-refractivity contribution in [1.29, 1.82) is 0 Å². The van der Waals surface area contributed by atoms with Gasteiger partial charge in [-0.2, -0.15) is 10.2 Å². The Morgan fingerprint density at radius 1 is 0.727 bits per heavy atom. The highest BCUT2D eigenvalue weighted by Crippen LogP contribution is 2.24. The summed E-state index contributed by atoms with van der Waals surface area (Å²) in [5.41, 5.74) is 5.85. The molecule has 0 saturated carbocycles. The fraction of sp³-hybridized carbons (Fsp3) is 0.333. The summed E-state index contributed by atoms with van der Waals surface area (Å²) in [5, 5.41) is 8.28. The molecule has 172 valence electrons. The molecule has 0 N–H and O–H groups in total. The number of rotatable bonds is 12. The first-order valence-corrected chi connectivity index (χ1v) is 12.2. The maximum atomic E-state index is 14.8. The maximum absolute atomic E-state index is 14.8. The summed E-state index contributed by atoms with van der Waals surface area (Å²) < 4.78 is 14.8. The van der Waals surface area contributed by atoms with E-state index >= 15 is 0 Å². The van der Waals surface area contributed by atoms with Crippen LogP contribution in [0.5, 0.6) is 0 Å². The van der Waals surface area contributed by atoms with Crippen molar-refractivity contribution in [2.45, 2.75) is 65.2 Å². The number of benzene rings is 3. The molecule has 3 aromatic rings. The van der Waals surface area contributed by atoms with E-state index in [0.29, 0.717) is 11.1 Å². The molecule has 3 rings (SSSR count). The summed E-state index contributed by atoms with van der Waals surface area (Å²) in [4.78, 5) is 0. The zero-order valence-corrected chi connectivity index (χ0v) is 19.9. The zero-order valence-electron chi connectivity index (χ0n) is 19.9. The van der Waals surface area contributed by atoms with Gasteiger partial charge in [-0.15, -0.1) is 0 Å². The van der Waals surface area contributed by atoms with Crippen LogP contribution in [0.15, 0.2) is 76.9 Å². The number of unbranched alkanes of at least 4 members (excludes halogenated alkanes) is 4. The van der Waals surface area contributed by atoms with Crippen molar-refractivity contribution < 1.29 is 4.39 Å². The van der Waals surface area contributed by atoms with Gasteiger partial charge in [0.05, 0.1) is 12.4 Å². The third-order valence-corrected chi connectivity index (χ3v) is 5.87. The third kappa shape index (κ3) is 7.78. The van der Waals surface area contributed by atoms with Crippen LogP contribution in [-0.4, -0.2) is 12.4 Å². The summed E-state index contributed by atoms with van der Waals surface area (Å²) in [6, 6.07) is 21.7. The zero-order chi connectivity index (χ0) is 23.3. The largest absolute Gasteiger partial charge is 0.206 e. The van der Waals surface area contributed by atoms with Gasteiger partial charge >= 0.3 is 0 Å². The summed E-state index contributed by atoms with van der Waals surface area (Å²) in [7, 11) is 0. The smallest absolute Gasteiger partial charge is 0.131 e. The quantitative estimate of drug-likeness (QED) is 0.153. The van der Waals surface area contributed by atoms with Crippen LogP contribution in [0.2, 0.25) is 0 Å². The minimum atomic E-state index is -0.247. The van der Waals surface area contributed by atoms with Gasteiger partial charge in [-0.3, -0.25) is 0 Å². The Labute approximate surface area is 198 Å². The molecule has 0 saturated heterocycles. The average Bonchev–Trinajstić information content (AvgIpc) is 2.83. The van der Waals surface area contributed by atoms with Crippen LogP contribution in [0.25, 0.3) is 11.1 Å². The van der Waals surface area contributed by atoms with E-state index in [0.717, 1.165) is 30.4 Å². The lowest BCUT2D eigenvalue weighted by Crippen LogP contribution is -1.92. The number of hydrogen-bond acceptors (Lipinski definition) is 2. The lowest BCUT2D eigenvalue weighted by atomic mass is 10.00. The Morgan fingerprint density at radius 2 is 1.48 bits per heavy atom. The summed E-state index contributed by atoms with van der Waals surface area (Å²) in [6.45, 7) is 4.40. The van der Waals surface area contributed by atoms with Crippen molar-refractivity contribution in [2.24, 2.45) is 10.2 Å². The van der Waals surface area contributed by atoms with Crippen LogP contribution in [-0.2, 0) is 12.8 Å². The summed E-state index contributed by atoms with van der Waals surface area (Å²) in [5.74, 6) is -0.247. The second-order valence-corrected chi connectivity index (χ2v) is 8.54. The minimum absolute atomic E-state index is 0.247. The van der Waals surface area contributed by atoms with E-state index in [2.05, 4.69) is 42.2 Å². The second-order valence-electron chi connectivity index (χ2n) is 8.54. The molecule has 3 aromatic carbocycles. The predicted octanol–water partition coefficient (Wildman–Crippen LogP) is 8.41. The lowest BCUT2D eigenvalue weighted by Gasteiger charge is -2.07. The molecule has 0 aliphatic rings. The first kappa shape index (κ1) is 24.6. The van der Waals surface area contributed by atoms with E-state index < -0.39 is 0 Å². The van der Waals surface area contributed by atoms with Gasteiger partial charge in [0.15, 0.2) is 0 Å². The molecule has 0 amide bonds. The van der Waals surface area contributed by atoms with Crippen molar-refractivity contribution in [1.82, 2.24) is 0 Å². The minimum Gasteiger partial charge on any atom is -0.206 e. The Hall–Kier alpha value is -3.07. The van der Waals surface area contributed by atoms with E-state index in [1.807, 2.05) is 42.5 Å². The van der Waals surface area contributed by atoms with Gasteiger partial charge in [0, 0.05) is 5.56 Å². The molecule has 0 radical (unpaired) electrons. The van der Waals surface area contributed by atoms with Crippen LogP contribution in [0.1, 0.15) is 74.6 Å².